The quantitative estimate of drug-likeness (QED) is 0.616. The van der Waals surface area contributed by atoms with E-state index in [0.717, 1.165) is 80.6 Å². The predicted molar refractivity (Wildman–Crippen MR) is 138 cm³/mol. The van der Waals surface area contributed by atoms with Crippen molar-refractivity contribution in [1.82, 2.24) is 14.7 Å². The zero-order valence-corrected chi connectivity index (χ0v) is 20.9. The molecule has 6 rings (SSSR count). The molecule has 1 aromatic carbocycles. The summed E-state index contributed by atoms with van der Waals surface area (Å²) in [4.78, 5) is 15.2. The van der Waals surface area contributed by atoms with Crippen LogP contribution in [0, 0.1) is 17.2 Å². The maximum Gasteiger partial charge on any atom is 0.230 e. The highest BCUT2D eigenvalue weighted by Crippen LogP contribution is 2.57. The number of halogens is 1. The van der Waals surface area contributed by atoms with Gasteiger partial charge in [0.1, 0.15) is 5.82 Å². The fraction of sp³-hybridized carbons (Fsp3) is 0.467. The molecule has 3 aliphatic carbocycles. The largest absolute Gasteiger partial charge is 0.389 e. The number of aliphatic hydroxyl groups is 1. The summed E-state index contributed by atoms with van der Waals surface area (Å²) in [5.74, 6) is -0.101. The molecule has 2 aromatic rings. The molecule has 3 atom stereocenters. The van der Waals surface area contributed by atoms with Crippen molar-refractivity contribution < 1.29 is 14.3 Å². The first kappa shape index (κ1) is 23.4. The lowest BCUT2D eigenvalue weighted by molar-refractivity contribution is -0.133. The number of fused-ring (bicyclic) bond motifs is 2. The molecule has 2 fully saturated rings. The summed E-state index contributed by atoms with van der Waals surface area (Å²) in [6, 6.07) is 6.39. The lowest BCUT2D eigenvalue weighted by Gasteiger charge is -2.43. The Balaban J connectivity index is 1.22. The third-order valence-electron chi connectivity index (χ3n) is 9.16. The molecule has 1 amide bonds. The Morgan fingerprint density at radius 2 is 2.00 bits per heavy atom. The van der Waals surface area contributed by atoms with Gasteiger partial charge >= 0.3 is 0 Å². The number of carbonyl (C=O) groups is 1. The van der Waals surface area contributed by atoms with Crippen LogP contribution in [0.25, 0.3) is 11.8 Å². The third-order valence-corrected chi connectivity index (χ3v) is 9.16. The molecule has 1 aromatic heterocycles. The first-order valence-electron chi connectivity index (χ1n) is 13.3. The second-order valence-corrected chi connectivity index (χ2v) is 11.1. The maximum atomic E-state index is 13.4. The second kappa shape index (κ2) is 8.84. The molecule has 188 valence electrons. The summed E-state index contributed by atoms with van der Waals surface area (Å²) in [6.07, 6.45) is 16.9. The SMILES string of the molecule is C[C@]12Cc3cnn(-c4ccc(F)cc4)c3C=C1CC[C@@]2(O)CCC1=CC=CCC1C(=O)N1CCCC1. The minimum absolute atomic E-state index is 0.0900. The van der Waals surface area contributed by atoms with E-state index in [1.54, 1.807) is 12.1 Å². The molecule has 1 saturated heterocycles. The van der Waals surface area contributed by atoms with Crippen LogP contribution in [0.2, 0.25) is 0 Å². The average Bonchev–Trinajstić information content (AvgIpc) is 3.61. The van der Waals surface area contributed by atoms with Gasteiger partial charge in [-0.25, -0.2) is 9.07 Å². The van der Waals surface area contributed by atoms with E-state index in [0.29, 0.717) is 6.42 Å². The van der Waals surface area contributed by atoms with E-state index < -0.39 is 5.60 Å². The molecule has 0 bridgehead atoms. The summed E-state index contributed by atoms with van der Waals surface area (Å²) in [6.45, 7) is 3.93. The van der Waals surface area contributed by atoms with E-state index in [2.05, 4.69) is 36.3 Å². The van der Waals surface area contributed by atoms with Crippen LogP contribution in [0.1, 0.15) is 63.1 Å². The molecular weight excluding hydrogens is 453 g/mol. The molecule has 1 aliphatic heterocycles. The van der Waals surface area contributed by atoms with Crippen LogP contribution in [0.15, 0.2) is 59.8 Å². The number of rotatable bonds is 5. The molecule has 1 N–H and O–H groups in total. The van der Waals surface area contributed by atoms with Crippen molar-refractivity contribution in [1.29, 1.82) is 0 Å². The zero-order valence-electron chi connectivity index (χ0n) is 20.9. The molecule has 1 saturated carbocycles. The highest BCUT2D eigenvalue weighted by atomic mass is 19.1. The molecule has 1 unspecified atom stereocenters. The Labute approximate surface area is 212 Å². The molecular formula is C30H34FN3O2. The van der Waals surface area contributed by atoms with Crippen LogP contribution in [0.4, 0.5) is 4.39 Å². The van der Waals surface area contributed by atoms with Crippen LogP contribution in [-0.4, -0.2) is 44.4 Å². The van der Waals surface area contributed by atoms with Gasteiger partial charge in [0.05, 0.1) is 29.1 Å². The Morgan fingerprint density at radius 1 is 1.22 bits per heavy atom. The number of carbonyl (C=O) groups excluding carboxylic acids is 1. The van der Waals surface area contributed by atoms with Crippen LogP contribution < -0.4 is 0 Å². The highest BCUT2D eigenvalue weighted by Gasteiger charge is 2.55. The van der Waals surface area contributed by atoms with E-state index in [1.165, 1.54) is 17.7 Å². The molecule has 2 heterocycles. The summed E-state index contributed by atoms with van der Waals surface area (Å²) < 4.78 is 15.3. The summed E-state index contributed by atoms with van der Waals surface area (Å²) in [7, 11) is 0. The lowest BCUT2D eigenvalue weighted by atomic mass is 9.65. The predicted octanol–water partition coefficient (Wildman–Crippen LogP) is 5.39. The molecule has 0 radical (unpaired) electrons. The van der Waals surface area contributed by atoms with E-state index in [9.17, 15) is 14.3 Å². The molecule has 0 spiro atoms. The van der Waals surface area contributed by atoms with Crippen LogP contribution in [0.5, 0.6) is 0 Å². The van der Waals surface area contributed by atoms with Gasteiger partial charge in [-0.2, -0.15) is 5.10 Å². The minimum atomic E-state index is -0.836. The molecule has 4 aliphatic rings. The highest BCUT2D eigenvalue weighted by molar-refractivity contribution is 5.82. The number of hydrogen-bond acceptors (Lipinski definition) is 3. The fourth-order valence-electron chi connectivity index (χ4n) is 6.82. The molecule has 36 heavy (non-hydrogen) atoms. The normalized spacial score (nSPS) is 29.1. The van der Waals surface area contributed by atoms with Gasteiger partial charge in [-0.1, -0.05) is 36.3 Å². The number of allylic oxidation sites excluding steroid dienone is 3. The van der Waals surface area contributed by atoms with Crippen molar-refractivity contribution in [2.45, 2.75) is 63.9 Å². The Hall–Kier alpha value is -2.99. The summed E-state index contributed by atoms with van der Waals surface area (Å²) >= 11 is 0. The smallest absolute Gasteiger partial charge is 0.230 e. The van der Waals surface area contributed by atoms with E-state index in [-0.39, 0.29) is 23.1 Å². The van der Waals surface area contributed by atoms with Crippen molar-refractivity contribution in [3.8, 4) is 5.69 Å². The van der Waals surface area contributed by atoms with Gasteiger partial charge in [0.25, 0.3) is 0 Å². The summed E-state index contributed by atoms with van der Waals surface area (Å²) in [5, 5.41) is 16.6. The van der Waals surface area contributed by atoms with Crippen molar-refractivity contribution in [3.63, 3.8) is 0 Å². The summed E-state index contributed by atoms with van der Waals surface area (Å²) in [5.41, 5.74) is 4.17. The van der Waals surface area contributed by atoms with Crippen LogP contribution >= 0.6 is 0 Å². The Morgan fingerprint density at radius 3 is 2.78 bits per heavy atom. The van der Waals surface area contributed by atoms with Crippen molar-refractivity contribution >= 4 is 12.0 Å². The van der Waals surface area contributed by atoms with E-state index in [4.69, 9.17) is 0 Å². The zero-order chi connectivity index (χ0) is 24.9. The monoisotopic (exact) mass is 487 g/mol. The topological polar surface area (TPSA) is 58.4 Å². The van der Waals surface area contributed by atoms with E-state index >= 15 is 0 Å². The van der Waals surface area contributed by atoms with Crippen LogP contribution in [0.3, 0.4) is 0 Å². The Kier molecular flexibility index (Phi) is 5.75. The van der Waals surface area contributed by atoms with Gasteiger partial charge < -0.3 is 10.0 Å². The number of amides is 1. The van der Waals surface area contributed by atoms with Gasteiger partial charge in [-0.15, -0.1) is 0 Å². The van der Waals surface area contributed by atoms with Gasteiger partial charge in [-0.05, 0) is 87.3 Å². The van der Waals surface area contributed by atoms with Crippen molar-refractivity contribution in [2.75, 3.05) is 13.1 Å². The molecule has 5 nitrogen and oxygen atoms in total. The van der Waals surface area contributed by atoms with Gasteiger partial charge in [0, 0.05) is 18.5 Å². The number of hydrogen-bond donors (Lipinski definition) is 1. The van der Waals surface area contributed by atoms with Crippen LogP contribution in [-0.2, 0) is 11.2 Å². The third kappa shape index (κ3) is 3.78. The van der Waals surface area contributed by atoms with Gasteiger partial charge in [-0.3, -0.25) is 4.79 Å². The maximum absolute atomic E-state index is 13.4. The number of aromatic nitrogens is 2. The number of benzene rings is 1. The first-order valence-corrected chi connectivity index (χ1v) is 13.3. The lowest BCUT2D eigenvalue weighted by Crippen LogP contribution is -2.45. The van der Waals surface area contributed by atoms with E-state index in [1.807, 2.05) is 15.8 Å². The molecule has 6 heteroatoms. The number of nitrogens with zero attached hydrogens (tertiary/aromatic N) is 3. The van der Waals surface area contributed by atoms with Crippen molar-refractivity contribution in [2.24, 2.45) is 11.3 Å². The standard InChI is InChI=1S/C30H34FN3O2/c1-29-19-22-20-32-34(25-10-8-24(31)9-11-25)27(22)18-23(29)13-15-30(29,36)14-12-21-6-2-3-7-26(21)28(35)33-16-4-5-17-33/h2-3,6,8-11,18,20,26,36H,4-5,7,12-17,19H2,1H3/t26?,29-,30-/m0/s1. The second-order valence-electron chi connectivity index (χ2n) is 11.1. The minimum Gasteiger partial charge on any atom is -0.389 e. The first-order chi connectivity index (χ1) is 17.4. The van der Waals surface area contributed by atoms with Gasteiger partial charge in [0.15, 0.2) is 0 Å². The number of likely N-dealkylation sites (tertiary alicyclic amines) is 1. The van der Waals surface area contributed by atoms with Crippen molar-refractivity contribution in [3.05, 3.63) is 76.9 Å². The van der Waals surface area contributed by atoms with Gasteiger partial charge in [0.2, 0.25) is 5.91 Å². The Bertz CT molecular complexity index is 1270. The average molecular weight is 488 g/mol. The fourth-order valence-corrected chi connectivity index (χ4v) is 6.82.